The normalized spacial score (nSPS) is 12.7. The summed E-state index contributed by atoms with van der Waals surface area (Å²) in [5.41, 5.74) is 1.17. The predicted octanol–water partition coefficient (Wildman–Crippen LogP) is 4.80. The summed E-state index contributed by atoms with van der Waals surface area (Å²) in [5.74, 6) is 0.914. The van der Waals surface area contributed by atoms with Crippen molar-refractivity contribution >= 4 is 50.4 Å². The number of thiophene rings is 2. The Hall–Kier alpha value is -1.24. The fourth-order valence-corrected chi connectivity index (χ4v) is 4.84. The number of nitrogens with zero attached hydrogens (tertiary/aromatic N) is 2. The molecule has 0 bridgehead atoms. The first-order valence-electron chi connectivity index (χ1n) is 6.53. The molecule has 0 spiro atoms. The molecule has 3 rings (SSSR count). The van der Waals surface area contributed by atoms with Crippen LogP contribution in [0.4, 0.5) is 0 Å². The van der Waals surface area contributed by atoms with Gasteiger partial charge >= 0.3 is 0 Å². The minimum absolute atomic E-state index is 0.0985. The lowest BCUT2D eigenvalue weighted by Gasteiger charge is -2.09. The molecule has 0 N–H and O–H groups in total. The molecule has 0 aliphatic heterocycles. The minimum Gasteiger partial charge on any atom is -0.299 e. The molecule has 0 radical (unpaired) electrons. The fourth-order valence-electron chi connectivity index (χ4n) is 1.96. The second kappa shape index (κ2) is 5.87. The second-order valence-electron chi connectivity index (χ2n) is 4.75. The molecule has 3 aromatic rings. The maximum Gasteiger partial charge on any atom is 0.142 e. The van der Waals surface area contributed by atoms with Crippen LogP contribution in [-0.4, -0.2) is 21.0 Å². The molecule has 3 aromatic heterocycles. The number of hydrogen-bond acceptors (Lipinski definition) is 6. The Labute approximate surface area is 135 Å². The lowest BCUT2D eigenvalue weighted by Crippen LogP contribution is -2.08. The monoisotopic (exact) mass is 334 g/mol. The predicted molar refractivity (Wildman–Crippen MR) is 91.5 cm³/mol. The Morgan fingerprint density at radius 2 is 2.14 bits per heavy atom. The lowest BCUT2D eigenvalue weighted by atomic mass is 10.2. The molecule has 0 amide bonds. The summed E-state index contributed by atoms with van der Waals surface area (Å²) in [6.45, 7) is 5.44. The molecule has 108 valence electrons. The third-order valence-corrected chi connectivity index (χ3v) is 6.14. The Kier molecular flexibility index (Phi) is 4.10. The number of ketones is 1. The first kappa shape index (κ1) is 14.7. The Morgan fingerprint density at radius 1 is 1.33 bits per heavy atom. The minimum atomic E-state index is -0.0985. The van der Waals surface area contributed by atoms with Gasteiger partial charge in [-0.2, -0.15) is 0 Å². The van der Waals surface area contributed by atoms with Crippen molar-refractivity contribution in [1.82, 2.24) is 9.97 Å². The van der Waals surface area contributed by atoms with Crippen LogP contribution in [0, 0.1) is 6.92 Å². The molecule has 0 saturated carbocycles. The highest BCUT2D eigenvalue weighted by Gasteiger charge is 2.18. The Balaban J connectivity index is 2.17. The smallest absolute Gasteiger partial charge is 0.142 e. The zero-order chi connectivity index (χ0) is 15.0. The largest absolute Gasteiger partial charge is 0.299 e. The van der Waals surface area contributed by atoms with Gasteiger partial charge in [0.1, 0.15) is 21.5 Å². The van der Waals surface area contributed by atoms with Gasteiger partial charge in [-0.05, 0) is 32.2 Å². The van der Waals surface area contributed by atoms with E-state index in [1.165, 1.54) is 22.2 Å². The summed E-state index contributed by atoms with van der Waals surface area (Å²) in [6, 6.07) is 4.15. The molecule has 0 aliphatic carbocycles. The molecule has 3 nitrogen and oxygen atoms in total. The van der Waals surface area contributed by atoms with Crippen LogP contribution in [0.1, 0.15) is 19.7 Å². The number of rotatable bonds is 4. The first-order chi connectivity index (χ1) is 10.1. The van der Waals surface area contributed by atoms with Crippen LogP contribution in [0.2, 0.25) is 0 Å². The average molecular weight is 334 g/mol. The van der Waals surface area contributed by atoms with Crippen molar-refractivity contribution in [3.05, 3.63) is 28.7 Å². The van der Waals surface area contributed by atoms with Gasteiger partial charge in [0, 0.05) is 15.8 Å². The van der Waals surface area contributed by atoms with Crippen molar-refractivity contribution < 1.29 is 4.79 Å². The highest BCUT2D eigenvalue weighted by molar-refractivity contribution is 8.00. The standard InChI is InChI=1S/C15H14N2OS3/c1-8(18)9(2)21-15-13-11(12-5-4-6-19-12)7-20-14(13)16-10(3)17-15/h4-7,9H,1-3H3/t9-/m1/s1. The number of carbonyl (C=O) groups excluding carboxylic acids is 1. The third-order valence-electron chi connectivity index (χ3n) is 3.16. The van der Waals surface area contributed by atoms with E-state index in [0.29, 0.717) is 0 Å². The summed E-state index contributed by atoms with van der Waals surface area (Å²) < 4.78 is 0. The summed E-state index contributed by atoms with van der Waals surface area (Å²) in [7, 11) is 0. The van der Waals surface area contributed by atoms with Gasteiger partial charge < -0.3 is 0 Å². The lowest BCUT2D eigenvalue weighted by molar-refractivity contribution is -0.116. The third kappa shape index (κ3) is 2.88. The summed E-state index contributed by atoms with van der Waals surface area (Å²) in [4.78, 5) is 22.9. The molecule has 0 saturated heterocycles. The van der Waals surface area contributed by atoms with E-state index >= 15 is 0 Å². The van der Waals surface area contributed by atoms with Crippen LogP contribution in [0.15, 0.2) is 27.9 Å². The van der Waals surface area contributed by atoms with E-state index in [1.54, 1.807) is 29.6 Å². The molecule has 21 heavy (non-hydrogen) atoms. The van der Waals surface area contributed by atoms with Gasteiger partial charge in [-0.25, -0.2) is 9.97 Å². The van der Waals surface area contributed by atoms with Gasteiger partial charge in [0.2, 0.25) is 0 Å². The number of carbonyl (C=O) groups is 1. The van der Waals surface area contributed by atoms with Crippen molar-refractivity contribution in [2.75, 3.05) is 0 Å². The highest BCUT2D eigenvalue weighted by atomic mass is 32.2. The Morgan fingerprint density at radius 3 is 2.81 bits per heavy atom. The number of aryl methyl sites for hydroxylation is 1. The van der Waals surface area contributed by atoms with E-state index in [1.807, 2.05) is 19.9 Å². The maximum absolute atomic E-state index is 11.6. The summed E-state index contributed by atoms with van der Waals surface area (Å²) >= 11 is 4.86. The van der Waals surface area contributed by atoms with Crippen LogP contribution in [0.25, 0.3) is 20.7 Å². The number of thioether (sulfide) groups is 1. The second-order valence-corrected chi connectivity index (χ2v) is 7.89. The zero-order valence-corrected chi connectivity index (χ0v) is 14.4. The van der Waals surface area contributed by atoms with Crippen molar-refractivity contribution in [1.29, 1.82) is 0 Å². The van der Waals surface area contributed by atoms with Gasteiger partial charge in [-0.3, -0.25) is 4.79 Å². The van der Waals surface area contributed by atoms with Gasteiger partial charge in [0.25, 0.3) is 0 Å². The maximum atomic E-state index is 11.6. The molecule has 6 heteroatoms. The zero-order valence-electron chi connectivity index (χ0n) is 11.9. The average Bonchev–Trinajstić information content (AvgIpc) is 3.05. The SMILES string of the molecule is CC(=O)[C@@H](C)Sc1nc(C)nc2scc(-c3cccs3)c12. The summed E-state index contributed by atoms with van der Waals surface area (Å²) in [6.07, 6.45) is 0. The van der Waals surface area contributed by atoms with Gasteiger partial charge in [-0.1, -0.05) is 17.8 Å². The molecular formula is C15H14N2OS3. The molecule has 0 fully saturated rings. The van der Waals surface area contributed by atoms with E-state index in [0.717, 1.165) is 21.1 Å². The molecular weight excluding hydrogens is 320 g/mol. The number of aromatic nitrogens is 2. The van der Waals surface area contributed by atoms with Gasteiger partial charge in [0.05, 0.1) is 10.6 Å². The van der Waals surface area contributed by atoms with Gasteiger partial charge in [0.15, 0.2) is 0 Å². The van der Waals surface area contributed by atoms with E-state index in [-0.39, 0.29) is 11.0 Å². The van der Waals surface area contributed by atoms with E-state index in [9.17, 15) is 4.79 Å². The quantitative estimate of drug-likeness (QED) is 0.508. The van der Waals surface area contributed by atoms with Crippen LogP contribution in [-0.2, 0) is 4.79 Å². The summed E-state index contributed by atoms with van der Waals surface area (Å²) in [5, 5.41) is 6.08. The molecule has 3 heterocycles. The number of Topliss-reactive ketones (excluding diaryl/α,β-unsaturated/α-hetero) is 1. The molecule has 0 unspecified atom stereocenters. The highest BCUT2D eigenvalue weighted by Crippen LogP contribution is 2.40. The van der Waals surface area contributed by atoms with E-state index in [4.69, 9.17) is 0 Å². The molecule has 1 atom stereocenters. The van der Waals surface area contributed by atoms with Crippen LogP contribution < -0.4 is 0 Å². The van der Waals surface area contributed by atoms with Crippen molar-refractivity contribution in [2.24, 2.45) is 0 Å². The topological polar surface area (TPSA) is 42.9 Å². The van der Waals surface area contributed by atoms with Crippen LogP contribution in [0.3, 0.4) is 0 Å². The van der Waals surface area contributed by atoms with Crippen LogP contribution >= 0.6 is 34.4 Å². The van der Waals surface area contributed by atoms with E-state index in [2.05, 4.69) is 26.8 Å². The van der Waals surface area contributed by atoms with Crippen molar-refractivity contribution in [3.63, 3.8) is 0 Å². The molecule has 0 aromatic carbocycles. The Bertz CT molecular complexity index is 793. The first-order valence-corrected chi connectivity index (χ1v) is 9.17. The van der Waals surface area contributed by atoms with Crippen molar-refractivity contribution in [3.8, 4) is 10.4 Å². The number of hydrogen-bond donors (Lipinski definition) is 0. The fraction of sp³-hybridized carbons (Fsp3) is 0.267. The van der Waals surface area contributed by atoms with Crippen molar-refractivity contribution in [2.45, 2.75) is 31.0 Å². The van der Waals surface area contributed by atoms with Crippen LogP contribution in [0.5, 0.6) is 0 Å². The number of fused-ring (bicyclic) bond motifs is 1. The van der Waals surface area contributed by atoms with Gasteiger partial charge in [-0.15, -0.1) is 22.7 Å². The molecule has 0 aliphatic rings. The van der Waals surface area contributed by atoms with E-state index < -0.39 is 0 Å².